The zero-order valence-electron chi connectivity index (χ0n) is 23.8. The molecule has 4 heterocycles. The van der Waals surface area contributed by atoms with Gasteiger partial charge in [-0.2, -0.15) is 0 Å². The second kappa shape index (κ2) is 9.92. The van der Waals surface area contributed by atoms with Gasteiger partial charge in [-0.1, -0.05) is 86.3 Å². The minimum atomic E-state index is -1.29. The highest BCUT2D eigenvalue weighted by Crippen LogP contribution is 2.51. The number of pyridine rings is 2. The second-order valence-electron chi connectivity index (χ2n) is 11.6. The summed E-state index contributed by atoms with van der Waals surface area (Å²) in [6, 6.07) is 38.6. The molecule has 0 saturated heterocycles. The van der Waals surface area contributed by atoms with Crippen LogP contribution in [0.2, 0.25) is 0 Å². The molecule has 7 aromatic rings. The molecule has 5 heteroatoms. The maximum Gasteiger partial charge on any atom is 0.150 e. The van der Waals surface area contributed by atoms with E-state index in [-0.39, 0.29) is 5.41 Å². The summed E-state index contributed by atoms with van der Waals surface area (Å²) in [6.45, 7) is 4.61. The highest BCUT2D eigenvalue weighted by atomic mass is 32.2. The number of alkyl halides is 1. The first kappa shape index (κ1) is 25.9. The van der Waals surface area contributed by atoms with Gasteiger partial charge in [0.15, 0.2) is 6.17 Å². The lowest BCUT2D eigenvalue weighted by Gasteiger charge is -2.34. The first-order chi connectivity index (χ1) is 21.0. The van der Waals surface area contributed by atoms with Crippen molar-refractivity contribution in [1.29, 1.82) is 0 Å². The number of halogens is 1. The molecule has 0 fully saturated rings. The zero-order chi connectivity index (χ0) is 29.1. The van der Waals surface area contributed by atoms with E-state index in [9.17, 15) is 0 Å². The number of aromatic nitrogens is 3. The summed E-state index contributed by atoms with van der Waals surface area (Å²) >= 11 is 1.82. The van der Waals surface area contributed by atoms with Crippen molar-refractivity contribution in [3.05, 3.63) is 150 Å². The fourth-order valence-corrected chi connectivity index (χ4v) is 7.85. The molecular weight excluding hydrogens is 550 g/mol. The fraction of sp³-hybridized carbons (Fsp3) is 0.105. The molecule has 3 aromatic heterocycles. The third kappa shape index (κ3) is 4.18. The number of benzene rings is 4. The monoisotopic (exact) mass is 577 g/mol. The van der Waals surface area contributed by atoms with Crippen LogP contribution in [0.15, 0.2) is 137 Å². The Hall–Kier alpha value is -4.74. The number of hydrogen-bond donors (Lipinski definition) is 0. The summed E-state index contributed by atoms with van der Waals surface area (Å²) in [4.78, 5) is 11.7. The number of rotatable bonds is 4. The van der Waals surface area contributed by atoms with Gasteiger partial charge in [0.2, 0.25) is 0 Å². The van der Waals surface area contributed by atoms with Gasteiger partial charge in [-0.05, 0) is 76.9 Å². The van der Waals surface area contributed by atoms with E-state index in [0.717, 1.165) is 38.9 Å². The number of hydrogen-bond acceptors (Lipinski definition) is 3. The molecule has 3 nitrogen and oxygen atoms in total. The first-order valence-corrected chi connectivity index (χ1v) is 15.3. The van der Waals surface area contributed by atoms with E-state index in [1.807, 2.05) is 90.8 Å². The summed E-state index contributed by atoms with van der Waals surface area (Å²) in [6.07, 6.45) is 2.28. The standard InChI is InChI=1S/C38H28FN3S/c1-38(2)29-12-3-4-14-34(29)43-35-23-33-28(22-30(35)38)27-17-16-26(21-32(27)42(33)36-15-6-8-19-41-36)37(39)25-11-9-10-24(20-25)31-13-5-7-18-40-31/h3-23,37H,1-2H3. The predicted octanol–water partition coefficient (Wildman–Crippen LogP) is 10.1. The maximum atomic E-state index is 16.3. The quantitative estimate of drug-likeness (QED) is 0.209. The van der Waals surface area contributed by atoms with E-state index in [1.165, 1.54) is 20.9 Å². The van der Waals surface area contributed by atoms with E-state index in [4.69, 9.17) is 4.98 Å². The van der Waals surface area contributed by atoms with E-state index in [0.29, 0.717) is 11.1 Å². The minimum absolute atomic E-state index is 0.145. The average Bonchev–Trinajstić information content (AvgIpc) is 3.37. The van der Waals surface area contributed by atoms with Gasteiger partial charge in [-0.25, -0.2) is 9.37 Å². The molecule has 0 bridgehead atoms. The second-order valence-corrected chi connectivity index (χ2v) is 12.7. The summed E-state index contributed by atoms with van der Waals surface area (Å²) in [5, 5.41) is 2.23. The largest absolute Gasteiger partial charge is 0.294 e. The number of nitrogens with zero attached hydrogens (tertiary/aromatic N) is 3. The molecule has 8 rings (SSSR count). The Morgan fingerprint density at radius 3 is 2.23 bits per heavy atom. The molecule has 1 unspecified atom stereocenters. The summed E-state index contributed by atoms with van der Waals surface area (Å²) in [7, 11) is 0. The van der Waals surface area contributed by atoms with Crippen molar-refractivity contribution in [2.75, 3.05) is 0 Å². The smallest absolute Gasteiger partial charge is 0.150 e. The summed E-state index contributed by atoms with van der Waals surface area (Å²) < 4.78 is 18.5. The lowest BCUT2D eigenvalue weighted by molar-refractivity contribution is 0.402. The molecule has 0 radical (unpaired) electrons. The third-order valence-corrected chi connectivity index (χ3v) is 9.79. The van der Waals surface area contributed by atoms with Crippen LogP contribution in [-0.4, -0.2) is 14.5 Å². The van der Waals surface area contributed by atoms with E-state index in [1.54, 1.807) is 6.20 Å². The molecule has 0 saturated carbocycles. The molecule has 1 aliphatic rings. The van der Waals surface area contributed by atoms with Crippen LogP contribution in [0.4, 0.5) is 4.39 Å². The van der Waals surface area contributed by atoms with Gasteiger partial charge in [0, 0.05) is 43.9 Å². The van der Waals surface area contributed by atoms with E-state index in [2.05, 4.69) is 65.9 Å². The molecule has 0 amide bonds. The van der Waals surface area contributed by atoms with Gasteiger partial charge in [-0.15, -0.1) is 0 Å². The van der Waals surface area contributed by atoms with Gasteiger partial charge in [-0.3, -0.25) is 9.55 Å². The molecule has 4 aromatic carbocycles. The average molecular weight is 578 g/mol. The van der Waals surface area contributed by atoms with Crippen LogP contribution in [-0.2, 0) is 5.41 Å². The molecule has 43 heavy (non-hydrogen) atoms. The summed E-state index contributed by atoms with van der Waals surface area (Å²) in [5.41, 5.74) is 7.46. The van der Waals surface area contributed by atoms with Gasteiger partial charge in [0.25, 0.3) is 0 Å². The minimum Gasteiger partial charge on any atom is -0.294 e. The highest BCUT2D eigenvalue weighted by molar-refractivity contribution is 7.99. The zero-order valence-corrected chi connectivity index (χ0v) is 24.6. The van der Waals surface area contributed by atoms with Crippen LogP contribution in [0.5, 0.6) is 0 Å². The van der Waals surface area contributed by atoms with Crippen molar-refractivity contribution in [2.45, 2.75) is 35.2 Å². The molecule has 0 N–H and O–H groups in total. The van der Waals surface area contributed by atoms with Crippen molar-refractivity contribution in [3.8, 4) is 17.1 Å². The lowest BCUT2D eigenvalue weighted by atomic mass is 9.77. The van der Waals surface area contributed by atoms with Crippen LogP contribution in [0.1, 0.15) is 42.3 Å². The molecule has 208 valence electrons. The Morgan fingerprint density at radius 1 is 0.651 bits per heavy atom. The maximum absolute atomic E-state index is 16.3. The van der Waals surface area contributed by atoms with Gasteiger partial charge < -0.3 is 0 Å². The van der Waals surface area contributed by atoms with Crippen molar-refractivity contribution < 1.29 is 4.39 Å². The van der Waals surface area contributed by atoms with Crippen LogP contribution in [0, 0.1) is 0 Å². The molecule has 1 atom stereocenters. The fourth-order valence-electron chi connectivity index (χ4n) is 6.44. The van der Waals surface area contributed by atoms with Crippen molar-refractivity contribution >= 4 is 33.6 Å². The third-order valence-electron chi connectivity index (χ3n) is 8.66. The van der Waals surface area contributed by atoms with Crippen LogP contribution in [0.25, 0.3) is 38.9 Å². The normalized spacial score (nSPS) is 14.4. The molecule has 0 spiro atoms. The Morgan fingerprint density at radius 2 is 1.42 bits per heavy atom. The van der Waals surface area contributed by atoms with Gasteiger partial charge in [0.1, 0.15) is 5.82 Å². The van der Waals surface area contributed by atoms with Crippen molar-refractivity contribution in [2.24, 2.45) is 0 Å². The van der Waals surface area contributed by atoms with Gasteiger partial charge >= 0.3 is 0 Å². The first-order valence-electron chi connectivity index (χ1n) is 14.5. The predicted molar refractivity (Wildman–Crippen MR) is 174 cm³/mol. The van der Waals surface area contributed by atoms with Crippen LogP contribution >= 0.6 is 11.8 Å². The van der Waals surface area contributed by atoms with Crippen LogP contribution < -0.4 is 0 Å². The van der Waals surface area contributed by atoms with E-state index < -0.39 is 6.17 Å². The van der Waals surface area contributed by atoms with Crippen LogP contribution in [0.3, 0.4) is 0 Å². The molecule has 1 aliphatic heterocycles. The Labute approximate surface area is 254 Å². The SMILES string of the molecule is CC1(C)c2ccccc2Sc2cc3c(cc21)c1ccc(C(F)c2cccc(-c4ccccn4)c2)cc1n3-c1ccccn1. The Kier molecular flexibility index (Phi) is 5.98. The molecular formula is C38H28FN3S. The van der Waals surface area contributed by atoms with Gasteiger partial charge in [0.05, 0.1) is 16.7 Å². The Bertz CT molecular complexity index is 2150. The van der Waals surface area contributed by atoms with Crippen molar-refractivity contribution in [3.63, 3.8) is 0 Å². The number of fused-ring (bicyclic) bond motifs is 5. The topological polar surface area (TPSA) is 30.7 Å². The highest BCUT2D eigenvalue weighted by Gasteiger charge is 2.34. The summed E-state index contributed by atoms with van der Waals surface area (Å²) in [5.74, 6) is 0.813. The van der Waals surface area contributed by atoms with E-state index >= 15 is 4.39 Å². The lowest BCUT2D eigenvalue weighted by Crippen LogP contribution is -2.23. The van der Waals surface area contributed by atoms with Crippen molar-refractivity contribution in [1.82, 2.24) is 14.5 Å². The molecule has 0 aliphatic carbocycles. The Balaban J connectivity index is 1.32.